The van der Waals surface area contributed by atoms with E-state index in [1.165, 1.54) is 12.1 Å². The number of rotatable bonds is 5. The molecule has 1 fully saturated rings. The molecule has 0 bridgehead atoms. The Hall–Kier alpha value is -2.39. The molecule has 0 radical (unpaired) electrons. The number of halogens is 1. The fourth-order valence-electron chi connectivity index (χ4n) is 2.86. The average Bonchev–Trinajstić information content (AvgIpc) is 2.67. The molecule has 8 nitrogen and oxygen atoms in total. The van der Waals surface area contributed by atoms with Crippen molar-refractivity contribution in [1.29, 1.82) is 0 Å². The summed E-state index contributed by atoms with van der Waals surface area (Å²) in [4.78, 5) is 22.3. The molecule has 3 rings (SSSR count). The maximum absolute atomic E-state index is 12.4. The highest BCUT2D eigenvalue weighted by molar-refractivity contribution is 7.90. The van der Waals surface area contributed by atoms with E-state index in [2.05, 4.69) is 15.3 Å². The van der Waals surface area contributed by atoms with E-state index in [0.717, 1.165) is 6.26 Å². The first-order valence-electron chi connectivity index (χ1n) is 8.78. The van der Waals surface area contributed by atoms with Gasteiger partial charge in [-0.25, -0.2) is 23.2 Å². The second kappa shape index (κ2) is 8.74. The van der Waals surface area contributed by atoms with Gasteiger partial charge in [0.25, 0.3) is 0 Å². The summed E-state index contributed by atoms with van der Waals surface area (Å²) in [5, 5.41) is 3.12. The van der Waals surface area contributed by atoms with Gasteiger partial charge in [0.1, 0.15) is 6.10 Å². The number of nitrogens with one attached hydrogen (secondary N) is 1. The Kier molecular flexibility index (Phi) is 6.35. The molecule has 0 unspecified atom stereocenters. The summed E-state index contributed by atoms with van der Waals surface area (Å²) in [5.74, 6) is 0. The van der Waals surface area contributed by atoms with Crippen LogP contribution >= 0.6 is 11.6 Å². The van der Waals surface area contributed by atoms with Gasteiger partial charge in [-0.2, -0.15) is 0 Å². The highest BCUT2D eigenvalue weighted by atomic mass is 35.5. The van der Waals surface area contributed by atoms with E-state index in [9.17, 15) is 13.2 Å². The van der Waals surface area contributed by atoms with Gasteiger partial charge in [-0.1, -0.05) is 17.7 Å². The van der Waals surface area contributed by atoms with Crippen LogP contribution in [0.3, 0.4) is 0 Å². The second-order valence-corrected chi connectivity index (χ2v) is 8.94. The lowest BCUT2D eigenvalue weighted by Crippen LogP contribution is -2.46. The van der Waals surface area contributed by atoms with Crippen LogP contribution in [0.15, 0.2) is 41.6 Å². The quantitative estimate of drug-likeness (QED) is 0.790. The smallest absolute Gasteiger partial charge is 0.317 e. The number of hydrogen-bond acceptors (Lipinski definition) is 6. The van der Waals surface area contributed by atoms with E-state index in [1.54, 1.807) is 29.4 Å². The van der Waals surface area contributed by atoms with Crippen molar-refractivity contribution in [3.05, 3.63) is 47.2 Å². The van der Waals surface area contributed by atoms with Gasteiger partial charge in [0, 0.05) is 56.1 Å². The first-order chi connectivity index (χ1) is 13.3. The summed E-state index contributed by atoms with van der Waals surface area (Å²) in [6.45, 7) is 1.34. The molecule has 2 amide bonds. The summed E-state index contributed by atoms with van der Waals surface area (Å²) >= 11 is 6.14. The van der Waals surface area contributed by atoms with Gasteiger partial charge in [-0.05, 0) is 23.8 Å². The molecule has 1 aromatic carbocycles. The standard InChI is InChI=1S/C18H21ClN4O4S/c1-28(25,26)15-4-3-13(16(19)11-15)12-22-18(24)23-9-5-14(6-10-23)27-17-20-7-2-8-21-17/h2-4,7-8,11,14H,5-6,9-10,12H2,1H3,(H,22,24). The third-order valence-electron chi connectivity index (χ3n) is 4.43. The van der Waals surface area contributed by atoms with Crippen LogP contribution in [0.1, 0.15) is 18.4 Å². The lowest BCUT2D eigenvalue weighted by Gasteiger charge is -2.31. The van der Waals surface area contributed by atoms with Crippen molar-refractivity contribution < 1.29 is 17.9 Å². The van der Waals surface area contributed by atoms with Crippen molar-refractivity contribution in [3.8, 4) is 6.01 Å². The fourth-order valence-corrected chi connectivity index (χ4v) is 3.82. The lowest BCUT2D eigenvalue weighted by atomic mass is 10.1. The largest absolute Gasteiger partial charge is 0.460 e. The molecule has 1 aliphatic rings. The molecular formula is C18H21ClN4O4S. The van der Waals surface area contributed by atoms with Crippen molar-refractivity contribution in [2.75, 3.05) is 19.3 Å². The maximum Gasteiger partial charge on any atom is 0.317 e. The van der Waals surface area contributed by atoms with Crippen molar-refractivity contribution in [2.45, 2.75) is 30.4 Å². The Balaban J connectivity index is 1.48. The molecule has 10 heteroatoms. The number of urea groups is 1. The number of nitrogens with zero attached hydrogens (tertiary/aromatic N) is 3. The van der Waals surface area contributed by atoms with Gasteiger partial charge in [-0.15, -0.1) is 0 Å². The van der Waals surface area contributed by atoms with Crippen LogP contribution in [0.4, 0.5) is 4.79 Å². The minimum atomic E-state index is -3.32. The average molecular weight is 425 g/mol. The van der Waals surface area contributed by atoms with Crippen LogP contribution in [-0.4, -0.2) is 54.8 Å². The number of carbonyl (C=O) groups is 1. The Morgan fingerprint density at radius 2 is 1.96 bits per heavy atom. The van der Waals surface area contributed by atoms with E-state index in [0.29, 0.717) is 42.5 Å². The fraction of sp³-hybridized carbons (Fsp3) is 0.389. The first kappa shape index (κ1) is 20.3. The van der Waals surface area contributed by atoms with E-state index >= 15 is 0 Å². The molecule has 28 heavy (non-hydrogen) atoms. The predicted molar refractivity (Wildman–Crippen MR) is 104 cm³/mol. The number of sulfone groups is 1. The molecule has 0 aliphatic carbocycles. The van der Waals surface area contributed by atoms with E-state index in [-0.39, 0.29) is 23.6 Å². The highest BCUT2D eigenvalue weighted by Gasteiger charge is 2.24. The lowest BCUT2D eigenvalue weighted by molar-refractivity contribution is 0.103. The zero-order valence-corrected chi connectivity index (χ0v) is 16.9. The van der Waals surface area contributed by atoms with Gasteiger partial charge in [-0.3, -0.25) is 0 Å². The van der Waals surface area contributed by atoms with Crippen LogP contribution < -0.4 is 10.1 Å². The van der Waals surface area contributed by atoms with E-state index < -0.39 is 9.84 Å². The van der Waals surface area contributed by atoms with Gasteiger partial charge in [0.05, 0.1) is 4.90 Å². The molecule has 0 spiro atoms. The summed E-state index contributed by atoms with van der Waals surface area (Å²) < 4.78 is 28.8. The summed E-state index contributed by atoms with van der Waals surface area (Å²) in [6, 6.07) is 6.36. The highest BCUT2D eigenvalue weighted by Crippen LogP contribution is 2.21. The van der Waals surface area contributed by atoms with Crippen molar-refractivity contribution >= 4 is 27.5 Å². The molecule has 0 atom stereocenters. The van der Waals surface area contributed by atoms with Gasteiger partial charge in [0.2, 0.25) is 0 Å². The van der Waals surface area contributed by atoms with Crippen molar-refractivity contribution in [1.82, 2.24) is 20.2 Å². The topological polar surface area (TPSA) is 101 Å². The molecule has 150 valence electrons. The molecule has 2 aromatic rings. The normalized spacial score (nSPS) is 15.3. The number of amides is 2. The Morgan fingerprint density at radius 3 is 2.57 bits per heavy atom. The Morgan fingerprint density at radius 1 is 1.29 bits per heavy atom. The second-order valence-electron chi connectivity index (χ2n) is 6.52. The SMILES string of the molecule is CS(=O)(=O)c1ccc(CNC(=O)N2CCC(Oc3ncccn3)CC2)c(Cl)c1. The Bertz CT molecular complexity index is 932. The number of ether oxygens (including phenoxy) is 1. The predicted octanol–water partition coefficient (Wildman–Crippen LogP) is 2.29. The van der Waals surface area contributed by atoms with Gasteiger partial charge >= 0.3 is 12.0 Å². The monoisotopic (exact) mass is 424 g/mol. The number of carbonyl (C=O) groups excluding carboxylic acids is 1. The van der Waals surface area contributed by atoms with Crippen LogP contribution in [0.2, 0.25) is 5.02 Å². The minimum Gasteiger partial charge on any atom is -0.460 e. The molecule has 1 aliphatic heterocycles. The number of piperidine rings is 1. The minimum absolute atomic E-state index is 0.0237. The zero-order chi connectivity index (χ0) is 20.1. The molecule has 1 N–H and O–H groups in total. The van der Waals surface area contributed by atoms with E-state index in [1.807, 2.05) is 0 Å². The van der Waals surface area contributed by atoms with Crippen LogP contribution in [0, 0.1) is 0 Å². The van der Waals surface area contributed by atoms with E-state index in [4.69, 9.17) is 16.3 Å². The Labute approximate surface area is 168 Å². The molecule has 1 saturated heterocycles. The van der Waals surface area contributed by atoms with Crippen LogP contribution in [0.5, 0.6) is 6.01 Å². The number of likely N-dealkylation sites (tertiary alicyclic amines) is 1. The third-order valence-corrected chi connectivity index (χ3v) is 5.89. The molecule has 0 saturated carbocycles. The van der Waals surface area contributed by atoms with Crippen LogP contribution in [-0.2, 0) is 16.4 Å². The van der Waals surface area contributed by atoms with Gasteiger partial charge < -0.3 is 15.0 Å². The zero-order valence-electron chi connectivity index (χ0n) is 15.3. The number of aromatic nitrogens is 2. The van der Waals surface area contributed by atoms with Crippen molar-refractivity contribution in [2.24, 2.45) is 0 Å². The molecule has 2 heterocycles. The summed E-state index contributed by atoms with van der Waals surface area (Å²) in [6.07, 6.45) is 5.73. The van der Waals surface area contributed by atoms with Gasteiger partial charge in [0.15, 0.2) is 9.84 Å². The third kappa shape index (κ3) is 5.32. The maximum atomic E-state index is 12.4. The van der Waals surface area contributed by atoms with Crippen molar-refractivity contribution in [3.63, 3.8) is 0 Å². The van der Waals surface area contributed by atoms with Crippen LogP contribution in [0.25, 0.3) is 0 Å². The first-order valence-corrected chi connectivity index (χ1v) is 11.0. The summed E-state index contributed by atoms with van der Waals surface area (Å²) in [7, 11) is -3.32. The molecule has 1 aromatic heterocycles. The molecular weight excluding hydrogens is 404 g/mol. The number of hydrogen-bond donors (Lipinski definition) is 1. The summed E-state index contributed by atoms with van der Waals surface area (Å²) in [5.41, 5.74) is 0.655. The number of benzene rings is 1.